The second-order valence-electron chi connectivity index (χ2n) is 4.59. The molecule has 0 radical (unpaired) electrons. The van der Waals surface area contributed by atoms with Gasteiger partial charge in [0.2, 0.25) is 10.0 Å². The molecule has 1 heterocycles. The first-order chi connectivity index (χ1) is 10.0. The quantitative estimate of drug-likeness (QED) is 0.821. The normalized spacial score (nSPS) is 11.5. The van der Waals surface area contributed by atoms with Crippen molar-refractivity contribution >= 4 is 27.0 Å². The molecule has 114 valence electrons. The highest BCUT2D eigenvalue weighted by molar-refractivity contribution is 7.89. The first-order valence-corrected chi connectivity index (χ1v) is 9.07. The van der Waals surface area contributed by atoms with Gasteiger partial charge in [-0.25, -0.2) is 18.1 Å². The summed E-state index contributed by atoms with van der Waals surface area (Å²) in [6.07, 6.45) is 2.63. The summed E-state index contributed by atoms with van der Waals surface area (Å²) in [5.41, 5.74) is 0.632. The number of para-hydroxylation sites is 1. The third-order valence-corrected chi connectivity index (χ3v) is 5.22. The Labute approximate surface area is 129 Å². The van der Waals surface area contributed by atoms with E-state index in [1.165, 1.54) is 11.3 Å². The predicted molar refractivity (Wildman–Crippen MR) is 86.1 cm³/mol. The lowest BCUT2D eigenvalue weighted by atomic mass is 10.3. The summed E-state index contributed by atoms with van der Waals surface area (Å²) in [6.45, 7) is 4.93. The van der Waals surface area contributed by atoms with Gasteiger partial charge in [0.25, 0.3) is 0 Å². The third-order valence-electron chi connectivity index (χ3n) is 2.85. The molecule has 0 saturated heterocycles. The highest BCUT2D eigenvalue weighted by Gasteiger charge is 2.18. The van der Waals surface area contributed by atoms with E-state index in [0.29, 0.717) is 5.69 Å². The summed E-state index contributed by atoms with van der Waals surface area (Å²) in [5.74, 6) is 0. The Morgan fingerprint density at radius 1 is 1.29 bits per heavy atom. The molecule has 2 aromatic rings. The lowest BCUT2D eigenvalue weighted by molar-refractivity contribution is 0.582. The fourth-order valence-electron chi connectivity index (χ4n) is 1.84. The molecule has 0 atom stereocenters. The predicted octanol–water partition coefficient (Wildman–Crippen LogP) is 2.75. The fraction of sp³-hybridized carbons (Fsp3) is 0.357. The number of anilines is 1. The zero-order valence-electron chi connectivity index (χ0n) is 12.1. The molecule has 7 heteroatoms. The molecule has 5 nitrogen and oxygen atoms in total. The van der Waals surface area contributed by atoms with E-state index in [-0.39, 0.29) is 11.4 Å². The third kappa shape index (κ3) is 4.26. The lowest BCUT2D eigenvalue weighted by Gasteiger charge is -2.12. The summed E-state index contributed by atoms with van der Waals surface area (Å²) in [6, 6.07) is 6.94. The van der Waals surface area contributed by atoms with Gasteiger partial charge in [-0.05, 0) is 25.5 Å². The molecule has 0 aliphatic heterocycles. The maximum Gasteiger partial charge on any atom is 0.242 e. The largest absolute Gasteiger partial charge is 0.384 e. The Morgan fingerprint density at radius 3 is 2.71 bits per heavy atom. The van der Waals surface area contributed by atoms with Gasteiger partial charge in [-0.2, -0.15) is 0 Å². The van der Waals surface area contributed by atoms with Crippen LogP contribution in [0.5, 0.6) is 0 Å². The van der Waals surface area contributed by atoms with E-state index in [1.807, 2.05) is 19.9 Å². The standard InChI is InChI=1S/C14H19N3O2S2/c1-3-8-15-13-6-4-5-7-14(13)21(18,19)17-10-12-9-16-11(2)20-12/h4-7,9,15,17H,3,8,10H2,1-2H3. The molecule has 1 aromatic heterocycles. The van der Waals surface area contributed by atoms with E-state index in [1.54, 1.807) is 24.4 Å². The number of thiazole rings is 1. The number of aryl methyl sites for hydroxylation is 1. The Kier molecular flexibility index (Phi) is 5.33. The zero-order valence-corrected chi connectivity index (χ0v) is 13.7. The Bertz CT molecular complexity index is 696. The molecule has 2 N–H and O–H groups in total. The van der Waals surface area contributed by atoms with Crippen molar-refractivity contribution in [2.24, 2.45) is 0 Å². The van der Waals surface area contributed by atoms with Gasteiger partial charge in [0, 0.05) is 24.2 Å². The molecule has 0 spiro atoms. The molecular formula is C14H19N3O2S2. The zero-order chi connectivity index (χ0) is 15.3. The minimum Gasteiger partial charge on any atom is -0.384 e. The van der Waals surface area contributed by atoms with Crippen LogP contribution in [0.3, 0.4) is 0 Å². The topological polar surface area (TPSA) is 71.1 Å². The Hall–Kier alpha value is -1.44. The second kappa shape index (κ2) is 7.02. The Balaban J connectivity index is 2.15. The van der Waals surface area contributed by atoms with Crippen LogP contribution in [0.2, 0.25) is 0 Å². The van der Waals surface area contributed by atoms with Crippen molar-refractivity contribution in [3.8, 4) is 0 Å². The smallest absolute Gasteiger partial charge is 0.242 e. The van der Waals surface area contributed by atoms with E-state index >= 15 is 0 Å². The molecule has 0 amide bonds. The Morgan fingerprint density at radius 2 is 2.05 bits per heavy atom. The van der Waals surface area contributed by atoms with Gasteiger partial charge in [-0.1, -0.05) is 19.1 Å². The van der Waals surface area contributed by atoms with Gasteiger partial charge in [-0.3, -0.25) is 0 Å². The van der Waals surface area contributed by atoms with Crippen molar-refractivity contribution in [3.05, 3.63) is 40.3 Å². The van der Waals surface area contributed by atoms with E-state index in [9.17, 15) is 8.42 Å². The van der Waals surface area contributed by atoms with Crippen LogP contribution in [-0.2, 0) is 16.6 Å². The van der Waals surface area contributed by atoms with Gasteiger partial charge in [0.15, 0.2) is 0 Å². The van der Waals surface area contributed by atoms with Crippen molar-refractivity contribution in [2.45, 2.75) is 31.7 Å². The average molecular weight is 325 g/mol. The van der Waals surface area contributed by atoms with E-state index in [2.05, 4.69) is 15.0 Å². The number of benzene rings is 1. The van der Waals surface area contributed by atoms with Gasteiger partial charge in [-0.15, -0.1) is 11.3 Å². The number of hydrogen-bond donors (Lipinski definition) is 2. The number of hydrogen-bond acceptors (Lipinski definition) is 5. The molecule has 0 fully saturated rings. The number of rotatable bonds is 7. The first-order valence-electron chi connectivity index (χ1n) is 6.77. The van der Waals surface area contributed by atoms with E-state index < -0.39 is 10.0 Å². The number of nitrogens with one attached hydrogen (secondary N) is 2. The minimum atomic E-state index is -3.54. The molecule has 0 unspecified atom stereocenters. The molecule has 2 rings (SSSR count). The van der Waals surface area contributed by atoms with Crippen LogP contribution >= 0.6 is 11.3 Å². The van der Waals surface area contributed by atoms with Gasteiger partial charge in [0.1, 0.15) is 4.90 Å². The molecule has 0 saturated carbocycles. The van der Waals surface area contributed by atoms with Crippen molar-refractivity contribution in [3.63, 3.8) is 0 Å². The van der Waals surface area contributed by atoms with Crippen molar-refractivity contribution in [1.82, 2.24) is 9.71 Å². The maximum absolute atomic E-state index is 12.4. The minimum absolute atomic E-state index is 0.260. The van der Waals surface area contributed by atoms with Crippen LogP contribution in [0.25, 0.3) is 0 Å². The van der Waals surface area contributed by atoms with Crippen molar-refractivity contribution in [1.29, 1.82) is 0 Å². The molecule has 0 bridgehead atoms. The summed E-state index contributed by atoms with van der Waals surface area (Å²) in [4.78, 5) is 5.30. The molecule has 21 heavy (non-hydrogen) atoms. The van der Waals surface area contributed by atoms with Crippen LogP contribution in [0, 0.1) is 6.92 Å². The van der Waals surface area contributed by atoms with Crippen molar-refractivity contribution in [2.75, 3.05) is 11.9 Å². The van der Waals surface area contributed by atoms with E-state index in [0.717, 1.165) is 22.9 Å². The molecule has 1 aromatic carbocycles. The SMILES string of the molecule is CCCNc1ccccc1S(=O)(=O)NCc1cnc(C)s1. The van der Waals surface area contributed by atoms with Crippen LogP contribution in [0.1, 0.15) is 23.2 Å². The summed E-state index contributed by atoms with van der Waals surface area (Å²) < 4.78 is 27.5. The van der Waals surface area contributed by atoms with Gasteiger partial charge >= 0.3 is 0 Å². The second-order valence-corrected chi connectivity index (χ2v) is 7.65. The van der Waals surface area contributed by atoms with Gasteiger partial charge in [0.05, 0.1) is 10.7 Å². The maximum atomic E-state index is 12.4. The summed E-state index contributed by atoms with van der Waals surface area (Å²) >= 11 is 1.49. The average Bonchev–Trinajstić information content (AvgIpc) is 2.89. The van der Waals surface area contributed by atoms with Gasteiger partial charge < -0.3 is 5.32 Å². The van der Waals surface area contributed by atoms with Crippen LogP contribution < -0.4 is 10.0 Å². The highest BCUT2D eigenvalue weighted by atomic mass is 32.2. The van der Waals surface area contributed by atoms with Crippen LogP contribution in [0.15, 0.2) is 35.4 Å². The number of sulfonamides is 1. The van der Waals surface area contributed by atoms with Crippen LogP contribution in [0.4, 0.5) is 5.69 Å². The first kappa shape index (κ1) is 15.9. The van der Waals surface area contributed by atoms with Crippen LogP contribution in [-0.4, -0.2) is 19.9 Å². The molecule has 0 aliphatic rings. The number of aromatic nitrogens is 1. The monoisotopic (exact) mass is 325 g/mol. The summed E-state index contributed by atoms with van der Waals surface area (Å²) in [7, 11) is -3.54. The number of nitrogens with zero attached hydrogens (tertiary/aromatic N) is 1. The molecule has 0 aliphatic carbocycles. The highest BCUT2D eigenvalue weighted by Crippen LogP contribution is 2.21. The molecular weight excluding hydrogens is 306 g/mol. The summed E-state index contributed by atoms with van der Waals surface area (Å²) in [5, 5.41) is 4.07. The lowest BCUT2D eigenvalue weighted by Crippen LogP contribution is -2.24. The fourth-order valence-corrected chi connectivity index (χ4v) is 3.85. The van der Waals surface area contributed by atoms with E-state index in [4.69, 9.17) is 0 Å². The van der Waals surface area contributed by atoms with Crippen molar-refractivity contribution < 1.29 is 8.42 Å².